The molecular formula is C6H14N2O2S. The van der Waals surface area contributed by atoms with E-state index in [2.05, 4.69) is 22.7 Å². The Labute approximate surface area is 71.9 Å². The van der Waals surface area contributed by atoms with Crippen LogP contribution in [0.5, 0.6) is 0 Å². The molecule has 0 aromatic heterocycles. The van der Waals surface area contributed by atoms with Crippen molar-refractivity contribution >= 4 is 18.5 Å². The minimum absolute atomic E-state index is 0.0239. The number of methoxy groups -OCH3 is 1. The molecule has 1 amide bonds. The van der Waals surface area contributed by atoms with Gasteiger partial charge in [-0.05, 0) is 0 Å². The van der Waals surface area contributed by atoms with Crippen LogP contribution in [0.25, 0.3) is 0 Å². The Balaban J connectivity index is 3.30. The zero-order valence-corrected chi connectivity index (χ0v) is 7.43. The van der Waals surface area contributed by atoms with Crippen LogP contribution >= 0.6 is 12.6 Å². The highest BCUT2D eigenvalue weighted by Gasteiger charge is 2.02. The first-order valence-corrected chi connectivity index (χ1v) is 3.86. The summed E-state index contributed by atoms with van der Waals surface area (Å²) in [4.78, 5) is 10.8. The maximum absolute atomic E-state index is 10.8. The van der Waals surface area contributed by atoms with Gasteiger partial charge in [-0.3, -0.25) is 4.79 Å². The van der Waals surface area contributed by atoms with E-state index >= 15 is 0 Å². The number of nitrogens with one attached hydrogen (secondary N) is 1. The number of carbonyl (C=O) groups is 1. The number of thiol groups is 1. The summed E-state index contributed by atoms with van der Waals surface area (Å²) in [6, 6.07) is 0. The number of ether oxygens (including phenoxy) is 1. The van der Waals surface area contributed by atoms with Crippen molar-refractivity contribution in [1.82, 2.24) is 5.32 Å². The van der Waals surface area contributed by atoms with Crippen molar-refractivity contribution in [2.75, 3.05) is 26.8 Å². The van der Waals surface area contributed by atoms with Gasteiger partial charge in [-0.2, -0.15) is 12.6 Å². The third-order valence-electron chi connectivity index (χ3n) is 1.08. The van der Waals surface area contributed by atoms with Gasteiger partial charge in [0.1, 0.15) is 6.61 Å². The van der Waals surface area contributed by atoms with E-state index < -0.39 is 0 Å². The monoisotopic (exact) mass is 178 g/mol. The van der Waals surface area contributed by atoms with Crippen molar-refractivity contribution in [2.24, 2.45) is 5.73 Å². The van der Waals surface area contributed by atoms with Crippen LogP contribution in [0.15, 0.2) is 0 Å². The molecule has 0 aliphatic carbocycles. The van der Waals surface area contributed by atoms with Crippen molar-refractivity contribution in [3.8, 4) is 0 Å². The zero-order chi connectivity index (χ0) is 8.69. The molecule has 0 radical (unpaired) electrons. The lowest BCUT2D eigenvalue weighted by Gasteiger charge is -2.08. The first-order chi connectivity index (χ1) is 5.20. The number of amides is 1. The summed E-state index contributed by atoms with van der Waals surface area (Å²) in [5.74, 6) is -0.139. The molecule has 0 fully saturated rings. The molecule has 3 N–H and O–H groups in total. The van der Waals surface area contributed by atoms with E-state index in [0.29, 0.717) is 13.1 Å². The van der Waals surface area contributed by atoms with Gasteiger partial charge in [-0.15, -0.1) is 0 Å². The van der Waals surface area contributed by atoms with Crippen molar-refractivity contribution in [2.45, 2.75) is 5.25 Å². The fourth-order valence-corrected chi connectivity index (χ4v) is 0.588. The van der Waals surface area contributed by atoms with E-state index in [0.717, 1.165) is 0 Å². The summed E-state index contributed by atoms with van der Waals surface area (Å²) in [5, 5.41) is 2.64. The molecule has 11 heavy (non-hydrogen) atoms. The molecule has 1 unspecified atom stereocenters. The normalized spacial score (nSPS) is 12.6. The van der Waals surface area contributed by atoms with Crippen molar-refractivity contribution in [3.05, 3.63) is 0 Å². The SMILES string of the molecule is COCC(=O)NCC(S)CN. The van der Waals surface area contributed by atoms with Crippen LogP contribution in [-0.4, -0.2) is 38.0 Å². The van der Waals surface area contributed by atoms with E-state index in [1.807, 2.05) is 0 Å². The third kappa shape index (κ3) is 6.15. The van der Waals surface area contributed by atoms with Crippen LogP contribution in [0.3, 0.4) is 0 Å². The molecule has 5 heteroatoms. The van der Waals surface area contributed by atoms with Gasteiger partial charge in [0.15, 0.2) is 0 Å². The van der Waals surface area contributed by atoms with Gasteiger partial charge in [-0.25, -0.2) is 0 Å². The van der Waals surface area contributed by atoms with Gasteiger partial charge < -0.3 is 15.8 Å². The largest absolute Gasteiger partial charge is 0.375 e. The third-order valence-corrected chi connectivity index (χ3v) is 1.48. The second-order valence-corrected chi connectivity index (χ2v) is 2.86. The number of hydrogen-bond acceptors (Lipinski definition) is 4. The van der Waals surface area contributed by atoms with Gasteiger partial charge >= 0.3 is 0 Å². The molecule has 4 nitrogen and oxygen atoms in total. The number of hydrogen-bond donors (Lipinski definition) is 3. The molecule has 0 saturated carbocycles. The van der Waals surface area contributed by atoms with Crippen LogP contribution in [0, 0.1) is 0 Å². The second-order valence-electron chi connectivity index (χ2n) is 2.13. The first-order valence-electron chi connectivity index (χ1n) is 3.34. The first kappa shape index (κ1) is 10.7. The highest BCUT2D eigenvalue weighted by Crippen LogP contribution is 1.87. The van der Waals surface area contributed by atoms with Crippen molar-refractivity contribution in [1.29, 1.82) is 0 Å². The molecule has 0 heterocycles. The minimum atomic E-state index is -0.139. The lowest BCUT2D eigenvalue weighted by Crippen LogP contribution is -2.35. The lowest BCUT2D eigenvalue weighted by atomic mass is 10.4. The molecular weight excluding hydrogens is 164 g/mol. The molecule has 1 atom stereocenters. The maximum Gasteiger partial charge on any atom is 0.246 e. The summed E-state index contributed by atoms with van der Waals surface area (Å²) in [6.07, 6.45) is 0. The summed E-state index contributed by atoms with van der Waals surface area (Å²) in [5.41, 5.74) is 5.27. The van der Waals surface area contributed by atoms with Gasteiger partial charge in [0, 0.05) is 25.4 Å². The predicted octanol–water partition coefficient (Wildman–Crippen LogP) is -0.994. The van der Waals surface area contributed by atoms with E-state index in [1.54, 1.807) is 0 Å². The van der Waals surface area contributed by atoms with Crippen molar-refractivity contribution in [3.63, 3.8) is 0 Å². The minimum Gasteiger partial charge on any atom is -0.375 e. The Kier molecular flexibility index (Phi) is 6.30. The van der Waals surface area contributed by atoms with Crippen molar-refractivity contribution < 1.29 is 9.53 Å². The summed E-state index contributed by atoms with van der Waals surface area (Å²) in [7, 11) is 1.47. The van der Waals surface area contributed by atoms with Gasteiger partial charge in [-0.1, -0.05) is 0 Å². The Morgan fingerprint density at radius 3 is 2.91 bits per heavy atom. The van der Waals surface area contributed by atoms with Crippen LogP contribution in [-0.2, 0) is 9.53 Å². The van der Waals surface area contributed by atoms with Crippen LogP contribution in [0.1, 0.15) is 0 Å². The topological polar surface area (TPSA) is 64.3 Å². The van der Waals surface area contributed by atoms with Crippen LogP contribution in [0.4, 0.5) is 0 Å². The second kappa shape index (κ2) is 6.45. The smallest absolute Gasteiger partial charge is 0.246 e. The fraction of sp³-hybridized carbons (Fsp3) is 0.833. The summed E-state index contributed by atoms with van der Waals surface area (Å²) in [6.45, 7) is 1.03. The highest BCUT2D eigenvalue weighted by atomic mass is 32.1. The standard InChI is InChI=1S/C6H14N2O2S/c1-10-4-6(9)8-3-5(11)2-7/h5,11H,2-4,7H2,1H3,(H,8,9). The predicted molar refractivity (Wildman–Crippen MR) is 46.7 cm³/mol. The Morgan fingerprint density at radius 1 is 1.82 bits per heavy atom. The molecule has 66 valence electrons. The van der Waals surface area contributed by atoms with Gasteiger partial charge in [0.05, 0.1) is 0 Å². The van der Waals surface area contributed by atoms with E-state index in [-0.39, 0.29) is 17.8 Å². The molecule has 0 rings (SSSR count). The highest BCUT2D eigenvalue weighted by molar-refractivity contribution is 7.81. The summed E-state index contributed by atoms with van der Waals surface area (Å²) < 4.78 is 4.60. The van der Waals surface area contributed by atoms with E-state index in [1.165, 1.54) is 7.11 Å². The lowest BCUT2D eigenvalue weighted by molar-refractivity contribution is -0.124. The quantitative estimate of drug-likeness (QED) is 0.473. The average Bonchev–Trinajstić information content (AvgIpc) is 2.01. The summed E-state index contributed by atoms with van der Waals surface area (Å²) >= 11 is 4.09. The van der Waals surface area contributed by atoms with Crippen LogP contribution in [0.2, 0.25) is 0 Å². The van der Waals surface area contributed by atoms with Gasteiger partial charge in [0.2, 0.25) is 5.91 Å². The van der Waals surface area contributed by atoms with E-state index in [9.17, 15) is 4.79 Å². The Hall–Kier alpha value is -0.260. The maximum atomic E-state index is 10.8. The van der Waals surface area contributed by atoms with Gasteiger partial charge in [0.25, 0.3) is 0 Å². The molecule has 0 aliphatic rings. The molecule has 0 aliphatic heterocycles. The average molecular weight is 178 g/mol. The zero-order valence-electron chi connectivity index (χ0n) is 6.54. The fourth-order valence-electron chi connectivity index (χ4n) is 0.497. The molecule has 0 spiro atoms. The molecule has 0 saturated heterocycles. The molecule has 0 aromatic rings. The van der Waals surface area contributed by atoms with Crippen LogP contribution < -0.4 is 11.1 Å². The molecule has 0 bridgehead atoms. The number of rotatable bonds is 5. The number of carbonyl (C=O) groups excluding carboxylic acids is 1. The number of nitrogens with two attached hydrogens (primary N) is 1. The Morgan fingerprint density at radius 2 is 2.45 bits per heavy atom. The molecule has 0 aromatic carbocycles. The van der Waals surface area contributed by atoms with E-state index in [4.69, 9.17) is 5.73 Å². The Bertz CT molecular complexity index is 121.